The van der Waals surface area contributed by atoms with Crippen LogP contribution in [-0.4, -0.2) is 48.0 Å². The first kappa shape index (κ1) is 19.0. The van der Waals surface area contributed by atoms with Crippen LogP contribution in [0, 0.1) is 0 Å². The summed E-state index contributed by atoms with van der Waals surface area (Å²) in [6.07, 6.45) is 0. The van der Waals surface area contributed by atoms with Gasteiger partial charge in [0.05, 0.1) is 36.5 Å². The Morgan fingerprint density at radius 2 is 0.966 bits per heavy atom. The summed E-state index contributed by atoms with van der Waals surface area (Å²) in [4.78, 5) is 59.0. The molecule has 2 heterocycles. The van der Waals surface area contributed by atoms with Crippen molar-refractivity contribution >= 4 is 23.6 Å². The van der Waals surface area contributed by atoms with E-state index in [2.05, 4.69) is 0 Å². The molecule has 148 valence electrons. The van der Waals surface area contributed by atoms with Crippen molar-refractivity contribution in [3.8, 4) is 0 Å². The molecule has 0 atom stereocenters. The van der Waals surface area contributed by atoms with E-state index in [9.17, 15) is 19.2 Å². The van der Waals surface area contributed by atoms with Gasteiger partial charge in [-0.25, -0.2) is 0 Å². The molecule has 0 unspecified atom stereocenters. The molecule has 0 N–H and O–H groups in total. The molecule has 4 rings (SSSR count). The lowest BCUT2D eigenvalue weighted by Crippen LogP contribution is -2.28. The highest BCUT2D eigenvalue weighted by Gasteiger charge is 2.39. The third-order valence-corrected chi connectivity index (χ3v) is 5.51. The number of nitrogens with zero attached hydrogens (tertiary/aromatic N) is 2. The summed E-state index contributed by atoms with van der Waals surface area (Å²) in [6.45, 7) is 3.86. The van der Waals surface area contributed by atoms with Crippen LogP contribution in [0.5, 0.6) is 0 Å². The number of benzene rings is 2. The summed E-state index contributed by atoms with van der Waals surface area (Å²) < 4.78 is 0. The molecule has 2 aliphatic heterocycles. The Bertz CT molecular complexity index is 1020. The van der Waals surface area contributed by atoms with Gasteiger partial charge in [-0.2, -0.15) is 0 Å². The number of hydrogen-bond acceptors (Lipinski definition) is 6. The fraction of sp³-hybridized carbons (Fsp3) is 0.238. The zero-order valence-electron chi connectivity index (χ0n) is 16.3. The first-order chi connectivity index (χ1) is 13.7. The van der Waals surface area contributed by atoms with Crippen molar-refractivity contribution in [2.75, 3.05) is 14.2 Å². The molecule has 29 heavy (non-hydrogen) atoms. The Balaban J connectivity index is 1.77. The van der Waals surface area contributed by atoms with Gasteiger partial charge in [0.1, 0.15) is 0 Å². The van der Waals surface area contributed by atoms with Crippen LogP contribution in [0.3, 0.4) is 0 Å². The SMILES string of the molecule is CON1C(=O)c2ccc(C(C)(C)c3ccc4c(c3)C(=O)N(OC)C4=O)cc2C1=O. The maximum Gasteiger partial charge on any atom is 0.285 e. The van der Waals surface area contributed by atoms with Gasteiger partial charge < -0.3 is 0 Å². The molecule has 0 aliphatic carbocycles. The summed E-state index contributed by atoms with van der Waals surface area (Å²) >= 11 is 0. The molecule has 0 spiro atoms. The van der Waals surface area contributed by atoms with Crippen LogP contribution >= 0.6 is 0 Å². The largest absolute Gasteiger partial charge is 0.285 e. The Kier molecular flexibility index (Phi) is 4.14. The van der Waals surface area contributed by atoms with E-state index in [-0.39, 0.29) is 22.3 Å². The van der Waals surface area contributed by atoms with Crippen molar-refractivity contribution in [1.29, 1.82) is 0 Å². The zero-order valence-corrected chi connectivity index (χ0v) is 16.3. The van der Waals surface area contributed by atoms with E-state index in [0.717, 1.165) is 21.3 Å². The van der Waals surface area contributed by atoms with Gasteiger partial charge in [-0.1, -0.05) is 26.0 Å². The summed E-state index contributed by atoms with van der Waals surface area (Å²) in [5, 5.41) is 1.45. The van der Waals surface area contributed by atoms with E-state index in [0.29, 0.717) is 0 Å². The van der Waals surface area contributed by atoms with Crippen molar-refractivity contribution in [1.82, 2.24) is 10.1 Å². The number of amides is 4. The van der Waals surface area contributed by atoms with E-state index in [1.807, 2.05) is 13.8 Å². The highest BCUT2D eigenvalue weighted by Crippen LogP contribution is 2.36. The van der Waals surface area contributed by atoms with Crippen LogP contribution in [0.15, 0.2) is 36.4 Å². The quantitative estimate of drug-likeness (QED) is 0.739. The minimum atomic E-state index is -0.613. The summed E-state index contributed by atoms with van der Waals surface area (Å²) in [5.74, 6) is -2.04. The van der Waals surface area contributed by atoms with Crippen LogP contribution in [-0.2, 0) is 15.1 Å². The number of fused-ring (bicyclic) bond motifs is 2. The fourth-order valence-corrected chi connectivity index (χ4v) is 3.71. The Labute approximate surface area is 166 Å². The van der Waals surface area contributed by atoms with Crippen molar-refractivity contribution in [2.45, 2.75) is 19.3 Å². The second-order valence-corrected chi connectivity index (χ2v) is 7.32. The van der Waals surface area contributed by atoms with Gasteiger partial charge in [-0.05, 0) is 35.4 Å². The van der Waals surface area contributed by atoms with Gasteiger partial charge in [0, 0.05) is 5.41 Å². The van der Waals surface area contributed by atoms with Crippen LogP contribution in [0.4, 0.5) is 0 Å². The Hall–Kier alpha value is -3.36. The third-order valence-electron chi connectivity index (χ3n) is 5.51. The van der Waals surface area contributed by atoms with Crippen LogP contribution in [0.1, 0.15) is 66.4 Å². The number of carbonyl (C=O) groups is 4. The molecule has 0 radical (unpaired) electrons. The zero-order chi connectivity index (χ0) is 21.1. The molecule has 8 heteroatoms. The minimum Gasteiger partial charge on any atom is -0.266 e. The molecule has 2 aliphatic rings. The summed E-state index contributed by atoms with van der Waals surface area (Å²) in [7, 11) is 2.53. The van der Waals surface area contributed by atoms with Gasteiger partial charge in [0.15, 0.2) is 0 Å². The molecule has 0 saturated heterocycles. The standard InChI is InChI=1S/C21H18N2O6/c1-21(2,11-5-7-13-15(9-11)19(26)22(28-3)17(13)24)12-6-8-14-16(10-12)20(27)23(29-4)18(14)25/h5-10H,1-4H3. The third kappa shape index (κ3) is 2.53. The molecule has 8 nitrogen and oxygen atoms in total. The van der Waals surface area contributed by atoms with Crippen LogP contribution in [0.25, 0.3) is 0 Å². The van der Waals surface area contributed by atoms with E-state index < -0.39 is 29.0 Å². The first-order valence-corrected chi connectivity index (χ1v) is 8.87. The van der Waals surface area contributed by atoms with E-state index in [1.54, 1.807) is 36.4 Å². The fourth-order valence-electron chi connectivity index (χ4n) is 3.71. The normalized spacial score (nSPS) is 16.0. The van der Waals surface area contributed by atoms with Crippen molar-refractivity contribution in [3.63, 3.8) is 0 Å². The van der Waals surface area contributed by atoms with Crippen molar-refractivity contribution in [3.05, 3.63) is 69.8 Å². The predicted octanol–water partition coefficient (Wildman–Crippen LogP) is 2.33. The number of rotatable bonds is 4. The molecule has 2 aromatic carbocycles. The van der Waals surface area contributed by atoms with E-state index >= 15 is 0 Å². The lowest BCUT2D eigenvalue weighted by molar-refractivity contribution is -0.0649. The first-order valence-electron chi connectivity index (χ1n) is 8.87. The summed E-state index contributed by atoms with van der Waals surface area (Å²) in [6, 6.07) is 10.1. The number of hydroxylamine groups is 4. The van der Waals surface area contributed by atoms with Crippen LogP contribution < -0.4 is 0 Å². The molecule has 0 bridgehead atoms. The van der Waals surface area contributed by atoms with E-state index in [4.69, 9.17) is 9.68 Å². The van der Waals surface area contributed by atoms with E-state index in [1.165, 1.54) is 14.2 Å². The smallest absolute Gasteiger partial charge is 0.266 e. The number of imide groups is 2. The second kappa shape index (κ2) is 6.33. The molecule has 0 saturated carbocycles. The van der Waals surface area contributed by atoms with Gasteiger partial charge in [0.25, 0.3) is 23.6 Å². The highest BCUT2D eigenvalue weighted by atomic mass is 16.7. The molecule has 2 aromatic rings. The summed E-state index contributed by atoms with van der Waals surface area (Å²) in [5.41, 5.74) is 2.02. The van der Waals surface area contributed by atoms with Gasteiger partial charge in [0.2, 0.25) is 0 Å². The van der Waals surface area contributed by atoms with Gasteiger partial charge >= 0.3 is 0 Å². The number of carbonyl (C=O) groups excluding carboxylic acids is 4. The lowest BCUT2D eigenvalue weighted by atomic mass is 9.76. The van der Waals surface area contributed by atoms with Crippen molar-refractivity contribution < 1.29 is 28.9 Å². The van der Waals surface area contributed by atoms with Gasteiger partial charge in [-0.15, -0.1) is 10.1 Å². The second-order valence-electron chi connectivity index (χ2n) is 7.32. The monoisotopic (exact) mass is 394 g/mol. The molecule has 0 fully saturated rings. The molecule has 4 amide bonds. The average Bonchev–Trinajstić information content (AvgIpc) is 3.11. The number of hydrogen-bond donors (Lipinski definition) is 0. The maximum absolute atomic E-state index is 12.4. The van der Waals surface area contributed by atoms with Crippen LogP contribution in [0.2, 0.25) is 0 Å². The Morgan fingerprint density at radius 1 is 0.621 bits per heavy atom. The minimum absolute atomic E-state index is 0.264. The lowest BCUT2D eigenvalue weighted by Gasteiger charge is -2.27. The van der Waals surface area contributed by atoms with Crippen molar-refractivity contribution in [2.24, 2.45) is 0 Å². The molecular weight excluding hydrogens is 376 g/mol. The highest BCUT2D eigenvalue weighted by molar-refractivity contribution is 6.21. The maximum atomic E-state index is 12.4. The molecular formula is C21H18N2O6. The van der Waals surface area contributed by atoms with Gasteiger partial charge in [-0.3, -0.25) is 28.9 Å². The average molecular weight is 394 g/mol. The molecule has 0 aromatic heterocycles. The predicted molar refractivity (Wildman–Crippen MR) is 100 cm³/mol. The topological polar surface area (TPSA) is 93.2 Å². The Morgan fingerprint density at radius 3 is 1.31 bits per heavy atom.